The minimum absolute atomic E-state index is 0.0142. The predicted molar refractivity (Wildman–Crippen MR) is 75.1 cm³/mol. The van der Waals surface area contributed by atoms with E-state index in [0.29, 0.717) is 6.42 Å². The molecule has 0 atom stereocenters. The first-order valence-corrected chi connectivity index (χ1v) is 6.33. The molecule has 0 saturated carbocycles. The molecule has 18 heavy (non-hydrogen) atoms. The van der Waals surface area contributed by atoms with Gasteiger partial charge in [-0.3, -0.25) is 4.79 Å². The summed E-state index contributed by atoms with van der Waals surface area (Å²) in [5.74, 6) is 0.788. The van der Waals surface area contributed by atoms with Crippen LogP contribution in [0.3, 0.4) is 0 Å². The third-order valence-electron chi connectivity index (χ3n) is 2.65. The van der Waals surface area contributed by atoms with E-state index in [2.05, 4.69) is 12.2 Å². The van der Waals surface area contributed by atoms with Crippen LogP contribution in [0.2, 0.25) is 0 Å². The van der Waals surface area contributed by atoms with Crippen molar-refractivity contribution in [1.82, 2.24) is 0 Å². The van der Waals surface area contributed by atoms with Gasteiger partial charge < -0.3 is 10.1 Å². The van der Waals surface area contributed by atoms with Crippen molar-refractivity contribution in [1.29, 1.82) is 0 Å². The minimum atomic E-state index is -0.0142. The number of amides is 1. The molecule has 100 valence electrons. The molecule has 1 rings (SSSR count). The molecular formula is C15H23NO2. The molecule has 3 heteroatoms. The topological polar surface area (TPSA) is 38.3 Å². The number of anilines is 1. The number of benzene rings is 1. The monoisotopic (exact) mass is 249 g/mol. The zero-order valence-electron chi connectivity index (χ0n) is 12.0. The summed E-state index contributed by atoms with van der Waals surface area (Å²) in [6.07, 6.45) is 1.37. The summed E-state index contributed by atoms with van der Waals surface area (Å²) in [5, 5.41) is 2.93. The van der Waals surface area contributed by atoms with E-state index < -0.39 is 0 Å². The number of rotatable bonds is 4. The molecule has 0 aliphatic carbocycles. The molecule has 0 saturated heterocycles. The first kappa shape index (κ1) is 14.6. The Bertz CT molecular complexity index is 419. The highest BCUT2D eigenvalue weighted by Crippen LogP contribution is 2.30. The van der Waals surface area contributed by atoms with Crippen LogP contribution in [-0.2, 0) is 11.2 Å². The van der Waals surface area contributed by atoms with Gasteiger partial charge in [0.1, 0.15) is 5.75 Å². The molecular weight excluding hydrogens is 226 g/mol. The van der Waals surface area contributed by atoms with Gasteiger partial charge in [0.25, 0.3) is 0 Å². The minimum Gasteiger partial charge on any atom is -0.494 e. The van der Waals surface area contributed by atoms with Crippen molar-refractivity contribution in [3.63, 3.8) is 0 Å². The average Bonchev–Trinajstić information content (AvgIpc) is 2.25. The lowest BCUT2D eigenvalue weighted by Gasteiger charge is -2.19. The van der Waals surface area contributed by atoms with Gasteiger partial charge in [-0.05, 0) is 23.5 Å². The van der Waals surface area contributed by atoms with Crippen molar-refractivity contribution in [3.05, 3.63) is 23.8 Å². The molecule has 1 aromatic rings. The van der Waals surface area contributed by atoms with Crippen LogP contribution in [0.15, 0.2) is 18.2 Å². The van der Waals surface area contributed by atoms with Gasteiger partial charge in [0, 0.05) is 6.42 Å². The lowest BCUT2D eigenvalue weighted by Crippen LogP contribution is -2.20. The van der Waals surface area contributed by atoms with Crippen molar-refractivity contribution >= 4 is 11.6 Å². The van der Waals surface area contributed by atoms with E-state index in [0.717, 1.165) is 23.4 Å². The Labute approximate surface area is 110 Å². The Balaban J connectivity index is 2.87. The van der Waals surface area contributed by atoms with Crippen molar-refractivity contribution in [2.45, 2.75) is 40.5 Å². The second-order valence-electron chi connectivity index (χ2n) is 5.64. The quantitative estimate of drug-likeness (QED) is 0.884. The fraction of sp³-hybridized carbons (Fsp3) is 0.533. The molecule has 1 N–H and O–H groups in total. The number of aryl methyl sites for hydroxylation is 1. The molecule has 0 spiro atoms. The second-order valence-corrected chi connectivity index (χ2v) is 5.64. The smallest absolute Gasteiger partial charge is 0.224 e. The summed E-state index contributed by atoms with van der Waals surface area (Å²) in [6.45, 7) is 8.21. The maximum atomic E-state index is 11.9. The van der Waals surface area contributed by atoms with E-state index >= 15 is 0 Å². The van der Waals surface area contributed by atoms with Gasteiger partial charge in [-0.2, -0.15) is 0 Å². The zero-order chi connectivity index (χ0) is 13.8. The highest BCUT2D eigenvalue weighted by atomic mass is 16.5. The summed E-state index contributed by atoms with van der Waals surface area (Å²) in [4.78, 5) is 11.9. The van der Waals surface area contributed by atoms with Gasteiger partial charge in [-0.25, -0.2) is 0 Å². The van der Waals surface area contributed by atoms with Crippen LogP contribution in [0.1, 0.15) is 39.7 Å². The zero-order valence-corrected chi connectivity index (χ0v) is 12.0. The molecule has 0 heterocycles. The maximum Gasteiger partial charge on any atom is 0.224 e. The molecule has 0 fully saturated rings. The number of ether oxygens (including phenoxy) is 1. The molecule has 0 aliphatic rings. The summed E-state index contributed by atoms with van der Waals surface area (Å²) in [6, 6.07) is 5.82. The Morgan fingerprint density at radius 1 is 1.33 bits per heavy atom. The average molecular weight is 249 g/mol. The number of hydrogen-bond acceptors (Lipinski definition) is 2. The lowest BCUT2D eigenvalue weighted by molar-refractivity contribution is -0.117. The Morgan fingerprint density at radius 3 is 2.50 bits per heavy atom. The number of hydrogen-bond donors (Lipinski definition) is 1. The van der Waals surface area contributed by atoms with Gasteiger partial charge in [0.2, 0.25) is 5.91 Å². The molecule has 0 bridgehead atoms. The number of nitrogens with one attached hydrogen (secondary N) is 1. The van der Waals surface area contributed by atoms with E-state index in [9.17, 15) is 4.79 Å². The van der Waals surface area contributed by atoms with Crippen molar-refractivity contribution in [2.24, 2.45) is 5.41 Å². The van der Waals surface area contributed by atoms with Gasteiger partial charge in [0.05, 0.1) is 12.8 Å². The van der Waals surface area contributed by atoms with E-state index in [-0.39, 0.29) is 11.3 Å². The second kappa shape index (κ2) is 5.89. The molecule has 1 amide bonds. The molecule has 0 aromatic heterocycles. The Kier molecular flexibility index (Phi) is 4.76. The molecule has 0 radical (unpaired) electrons. The van der Waals surface area contributed by atoms with Gasteiger partial charge in [-0.1, -0.05) is 39.8 Å². The predicted octanol–water partition coefficient (Wildman–Crippen LogP) is 3.63. The molecule has 1 aromatic carbocycles. The van der Waals surface area contributed by atoms with Gasteiger partial charge in [-0.15, -0.1) is 0 Å². The maximum absolute atomic E-state index is 11.9. The van der Waals surface area contributed by atoms with Gasteiger partial charge >= 0.3 is 0 Å². The van der Waals surface area contributed by atoms with Crippen LogP contribution in [0.25, 0.3) is 0 Å². The third kappa shape index (κ3) is 4.06. The summed E-state index contributed by atoms with van der Waals surface area (Å²) in [5.41, 5.74) is 1.84. The first-order valence-electron chi connectivity index (χ1n) is 6.33. The summed E-state index contributed by atoms with van der Waals surface area (Å²) in [7, 11) is 1.63. The highest BCUT2D eigenvalue weighted by Gasteiger charge is 2.17. The summed E-state index contributed by atoms with van der Waals surface area (Å²) < 4.78 is 5.38. The Hall–Kier alpha value is -1.51. The molecule has 0 aliphatic heterocycles. The van der Waals surface area contributed by atoms with Crippen molar-refractivity contribution < 1.29 is 9.53 Å². The largest absolute Gasteiger partial charge is 0.494 e. The van der Waals surface area contributed by atoms with Crippen LogP contribution in [0.5, 0.6) is 5.75 Å². The van der Waals surface area contributed by atoms with E-state index in [1.165, 1.54) is 0 Å². The Morgan fingerprint density at radius 2 is 2.00 bits per heavy atom. The number of methoxy groups -OCH3 is 1. The van der Waals surface area contributed by atoms with E-state index in [1.54, 1.807) is 7.11 Å². The number of carbonyl (C=O) groups is 1. The van der Waals surface area contributed by atoms with Crippen LogP contribution in [0, 0.1) is 5.41 Å². The normalized spacial score (nSPS) is 11.2. The van der Waals surface area contributed by atoms with Crippen LogP contribution < -0.4 is 10.1 Å². The standard InChI is InChI=1S/C15H23NO2/c1-6-11-8-7-9-12(14(11)18-5)16-13(17)10-15(2,3)4/h7-9H,6,10H2,1-5H3,(H,16,17). The van der Waals surface area contributed by atoms with Crippen LogP contribution in [0.4, 0.5) is 5.69 Å². The fourth-order valence-corrected chi connectivity index (χ4v) is 1.88. The van der Waals surface area contributed by atoms with E-state index in [1.807, 2.05) is 39.0 Å². The van der Waals surface area contributed by atoms with Crippen molar-refractivity contribution in [2.75, 3.05) is 12.4 Å². The van der Waals surface area contributed by atoms with Crippen LogP contribution in [-0.4, -0.2) is 13.0 Å². The van der Waals surface area contributed by atoms with E-state index in [4.69, 9.17) is 4.74 Å². The van der Waals surface area contributed by atoms with Crippen LogP contribution >= 0.6 is 0 Å². The summed E-state index contributed by atoms with van der Waals surface area (Å²) >= 11 is 0. The fourth-order valence-electron chi connectivity index (χ4n) is 1.88. The molecule has 3 nitrogen and oxygen atoms in total. The molecule has 0 unspecified atom stereocenters. The SMILES string of the molecule is CCc1cccc(NC(=O)CC(C)(C)C)c1OC. The highest BCUT2D eigenvalue weighted by molar-refractivity contribution is 5.92. The van der Waals surface area contributed by atoms with Crippen molar-refractivity contribution in [3.8, 4) is 5.75 Å². The number of para-hydroxylation sites is 1. The van der Waals surface area contributed by atoms with Gasteiger partial charge in [0.15, 0.2) is 0 Å². The first-order chi connectivity index (χ1) is 8.37. The lowest BCUT2D eigenvalue weighted by atomic mass is 9.92. The number of carbonyl (C=O) groups excluding carboxylic acids is 1. The third-order valence-corrected chi connectivity index (χ3v) is 2.65.